The lowest BCUT2D eigenvalue weighted by Gasteiger charge is -2.33. The molecule has 1 amide bonds. The maximum Gasteiger partial charge on any atom is 0.573 e. The van der Waals surface area contributed by atoms with E-state index in [1.54, 1.807) is 12.1 Å². The molecule has 0 saturated heterocycles. The van der Waals surface area contributed by atoms with Gasteiger partial charge in [0.2, 0.25) is 5.95 Å². The smallest absolute Gasteiger partial charge is 0.481 e. The van der Waals surface area contributed by atoms with E-state index < -0.39 is 18.2 Å². The topological polar surface area (TPSA) is 105 Å². The van der Waals surface area contributed by atoms with Crippen molar-refractivity contribution in [3.63, 3.8) is 0 Å². The molecule has 1 heterocycles. The fraction of sp³-hybridized carbons (Fsp3) is 0.423. The number of benzene rings is 2. The van der Waals surface area contributed by atoms with Crippen LogP contribution in [0.25, 0.3) is 11.0 Å². The van der Waals surface area contributed by atoms with Gasteiger partial charge in [-0.2, -0.15) is 0 Å². The zero-order chi connectivity index (χ0) is 26.7. The number of imidazole rings is 1. The molecule has 1 saturated carbocycles. The molecule has 0 spiro atoms. The van der Waals surface area contributed by atoms with E-state index >= 15 is 0 Å². The van der Waals surface area contributed by atoms with Crippen LogP contribution in [0.5, 0.6) is 5.75 Å². The number of hydrogen-bond donors (Lipinski definition) is 3. The second kappa shape index (κ2) is 10.7. The molecule has 198 valence electrons. The number of rotatable bonds is 8. The number of carbonyl (C=O) groups is 2. The number of carbonyl (C=O) groups excluding carboxylic acids is 1. The molecule has 4 rings (SSSR count). The van der Waals surface area contributed by atoms with E-state index in [-0.39, 0.29) is 24.8 Å². The largest absolute Gasteiger partial charge is 0.573 e. The van der Waals surface area contributed by atoms with Crippen molar-refractivity contribution in [1.29, 1.82) is 0 Å². The fourth-order valence-electron chi connectivity index (χ4n) is 5.07. The number of anilines is 2. The van der Waals surface area contributed by atoms with Gasteiger partial charge in [0, 0.05) is 23.8 Å². The van der Waals surface area contributed by atoms with Gasteiger partial charge >= 0.3 is 12.3 Å². The first-order valence-corrected chi connectivity index (χ1v) is 12.1. The van der Waals surface area contributed by atoms with Gasteiger partial charge in [0.05, 0.1) is 17.5 Å². The number of halogens is 3. The lowest BCUT2D eigenvalue weighted by molar-refractivity contribution is -0.274. The van der Waals surface area contributed by atoms with Crippen LogP contribution in [-0.2, 0) is 4.79 Å². The van der Waals surface area contributed by atoms with Crippen LogP contribution >= 0.6 is 0 Å². The van der Waals surface area contributed by atoms with Gasteiger partial charge in [0.15, 0.2) is 0 Å². The van der Waals surface area contributed by atoms with Gasteiger partial charge in [-0.3, -0.25) is 9.59 Å². The molecule has 11 heteroatoms. The molecule has 3 atom stereocenters. The van der Waals surface area contributed by atoms with E-state index in [0.29, 0.717) is 34.6 Å². The molecule has 3 N–H and O–H groups in total. The monoisotopic (exact) mass is 518 g/mol. The number of amides is 1. The predicted molar refractivity (Wildman–Crippen MR) is 132 cm³/mol. The Balaban J connectivity index is 1.66. The summed E-state index contributed by atoms with van der Waals surface area (Å²) in [6.45, 7) is 4.45. The first-order valence-electron chi connectivity index (χ1n) is 12.1. The van der Waals surface area contributed by atoms with Crippen molar-refractivity contribution >= 4 is 34.5 Å². The summed E-state index contributed by atoms with van der Waals surface area (Å²) in [7, 11) is 0. The second-order valence-electron chi connectivity index (χ2n) is 9.68. The van der Waals surface area contributed by atoms with Crippen molar-refractivity contribution < 1.29 is 32.6 Å². The third-order valence-electron chi connectivity index (χ3n) is 6.44. The summed E-state index contributed by atoms with van der Waals surface area (Å²) < 4.78 is 43.6. The number of carboxylic acids is 1. The number of alkyl halides is 3. The van der Waals surface area contributed by atoms with Crippen LogP contribution in [0.2, 0.25) is 0 Å². The second-order valence-corrected chi connectivity index (χ2v) is 9.68. The molecule has 0 bridgehead atoms. The Morgan fingerprint density at radius 1 is 1.08 bits per heavy atom. The maximum absolute atomic E-state index is 12.5. The first kappa shape index (κ1) is 26.3. The molecular weight excluding hydrogens is 489 g/mol. The van der Waals surface area contributed by atoms with Crippen molar-refractivity contribution in [2.75, 3.05) is 11.9 Å². The minimum Gasteiger partial charge on any atom is -0.481 e. The lowest BCUT2D eigenvalue weighted by Crippen LogP contribution is -2.26. The number of nitrogens with zero attached hydrogens (tertiary/aromatic N) is 2. The van der Waals surface area contributed by atoms with E-state index in [0.717, 1.165) is 24.8 Å². The van der Waals surface area contributed by atoms with E-state index in [1.807, 2.05) is 6.07 Å². The minimum atomic E-state index is -4.77. The van der Waals surface area contributed by atoms with Gasteiger partial charge in [-0.25, -0.2) is 4.98 Å². The summed E-state index contributed by atoms with van der Waals surface area (Å²) in [4.78, 5) is 28.0. The average Bonchev–Trinajstić information content (AvgIpc) is 3.15. The zero-order valence-corrected chi connectivity index (χ0v) is 20.5. The Morgan fingerprint density at radius 3 is 2.38 bits per heavy atom. The molecule has 1 fully saturated rings. The van der Waals surface area contributed by atoms with E-state index in [4.69, 9.17) is 10.1 Å². The predicted octanol–water partition coefficient (Wildman–Crippen LogP) is 5.88. The molecule has 3 aromatic rings. The van der Waals surface area contributed by atoms with Crippen LogP contribution in [0.15, 0.2) is 42.5 Å². The maximum atomic E-state index is 12.5. The summed E-state index contributed by atoms with van der Waals surface area (Å²) in [5, 5.41) is 14.6. The molecule has 1 aromatic heterocycles. The number of hydrogen-bond acceptors (Lipinski definition) is 5. The highest BCUT2D eigenvalue weighted by Gasteiger charge is 2.31. The van der Waals surface area contributed by atoms with Crippen LogP contribution in [0.3, 0.4) is 0 Å². The number of ether oxygens (including phenoxy) is 1. The van der Waals surface area contributed by atoms with Crippen LogP contribution in [-0.4, -0.2) is 39.4 Å². The minimum absolute atomic E-state index is 0.0132. The molecule has 37 heavy (non-hydrogen) atoms. The number of nitrogens with one attached hydrogen (secondary N) is 2. The van der Waals surface area contributed by atoms with Gasteiger partial charge < -0.3 is 25.0 Å². The fourth-order valence-corrected chi connectivity index (χ4v) is 5.07. The summed E-state index contributed by atoms with van der Waals surface area (Å²) >= 11 is 0. The van der Waals surface area contributed by atoms with Crippen LogP contribution in [0, 0.1) is 11.8 Å². The van der Waals surface area contributed by atoms with Gasteiger partial charge in [-0.1, -0.05) is 13.8 Å². The van der Waals surface area contributed by atoms with Gasteiger partial charge in [0.25, 0.3) is 5.91 Å². The summed E-state index contributed by atoms with van der Waals surface area (Å²) in [6.07, 6.45) is -1.93. The molecule has 1 unspecified atom stereocenters. The molecular formula is C26H29F3N4O4. The molecule has 0 aliphatic heterocycles. The number of fused-ring (bicyclic) bond motifs is 1. The van der Waals surface area contributed by atoms with E-state index in [9.17, 15) is 22.8 Å². The standard InChI is InChI=1S/C26H29F3N4O4/c1-15-11-16(2)13-19(12-15)33-22-8-3-17(24(36)30-10-9-23(34)35)14-21(22)32-25(33)31-18-4-6-20(7-5-18)37-26(27,28)29/h3-8,14-16,19H,9-13H2,1-2H3,(H,30,36)(H,31,32)(H,34,35)/t15-,16?,19-/m1/s1. The van der Waals surface area contributed by atoms with Crippen LogP contribution in [0.1, 0.15) is 55.9 Å². The Kier molecular flexibility index (Phi) is 7.60. The zero-order valence-electron chi connectivity index (χ0n) is 20.5. The third kappa shape index (κ3) is 6.72. The van der Waals surface area contributed by atoms with Gasteiger partial charge in [-0.05, 0) is 73.6 Å². The Labute approximate surface area is 211 Å². The number of aromatic nitrogens is 2. The van der Waals surface area contributed by atoms with Crippen LogP contribution in [0.4, 0.5) is 24.8 Å². The summed E-state index contributed by atoms with van der Waals surface area (Å²) in [6, 6.07) is 10.7. The SMILES string of the molecule is CC1C[C@@H](C)C[C@@H](n2c(Nc3ccc(OC(F)(F)F)cc3)nc3cc(C(=O)NCCC(=O)O)ccc32)C1. The summed E-state index contributed by atoms with van der Waals surface area (Å²) in [5.74, 6) is -0.171. The Bertz CT molecular complexity index is 1260. The quantitative estimate of drug-likeness (QED) is 0.344. The van der Waals surface area contributed by atoms with E-state index in [2.05, 4.69) is 33.8 Å². The first-order chi connectivity index (χ1) is 17.5. The highest BCUT2D eigenvalue weighted by atomic mass is 19.4. The highest BCUT2D eigenvalue weighted by molar-refractivity contribution is 5.98. The number of aliphatic carboxylic acids is 1. The Hall–Kier alpha value is -3.76. The Morgan fingerprint density at radius 2 is 1.76 bits per heavy atom. The van der Waals surface area contributed by atoms with Gasteiger partial charge in [0.1, 0.15) is 5.75 Å². The number of carboxylic acid groups (broad SMARTS) is 1. The lowest BCUT2D eigenvalue weighted by atomic mass is 9.80. The third-order valence-corrected chi connectivity index (χ3v) is 6.44. The van der Waals surface area contributed by atoms with Crippen LogP contribution < -0.4 is 15.4 Å². The van der Waals surface area contributed by atoms with E-state index in [1.165, 1.54) is 24.3 Å². The van der Waals surface area contributed by atoms with Crippen molar-refractivity contribution in [1.82, 2.24) is 14.9 Å². The van der Waals surface area contributed by atoms with Crippen molar-refractivity contribution in [3.05, 3.63) is 48.0 Å². The average molecular weight is 519 g/mol. The highest BCUT2D eigenvalue weighted by Crippen LogP contribution is 2.40. The molecule has 0 radical (unpaired) electrons. The van der Waals surface area contributed by atoms with Crippen molar-refractivity contribution in [3.8, 4) is 5.75 Å². The molecule has 2 aromatic carbocycles. The van der Waals surface area contributed by atoms with Crippen molar-refractivity contribution in [2.45, 2.75) is 51.9 Å². The molecule has 8 nitrogen and oxygen atoms in total. The van der Waals surface area contributed by atoms with Crippen molar-refractivity contribution in [2.24, 2.45) is 11.8 Å². The summed E-state index contributed by atoms with van der Waals surface area (Å²) in [5.41, 5.74) is 2.30. The normalized spacial score (nSPS) is 20.0. The molecule has 1 aliphatic carbocycles. The van der Waals surface area contributed by atoms with Gasteiger partial charge in [-0.15, -0.1) is 13.2 Å². The molecule has 1 aliphatic rings.